The average Bonchev–Trinajstić information content (AvgIpc) is 2.50. The van der Waals surface area contributed by atoms with Crippen LogP contribution in [0, 0.1) is 0 Å². The molecule has 1 fully saturated rings. The number of rotatable bonds is 4. The Kier molecular flexibility index (Phi) is 4.54. The molecule has 1 aromatic carbocycles. The Morgan fingerprint density at radius 2 is 1.90 bits per heavy atom. The molecule has 1 aliphatic heterocycles. The lowest BCUT2D eigenvalue weighted by molar-refractivity contribution is -0.150. The van der Waals surface area contributed by atoms with Crippen LogP contribution in [0.2, 0.25) is 0 Å². The van der Waals surface area contributed by atoms with Crippen molar-refractivity contribution in [2.45, 2.75) is 13.5 Å². The molecule has 0 atom stereocenters. The fraction of sp³-hybridized carbons (Fsp3) is 0.357. The number of carbonyl (C=O) groups excluding carboxylic acids is 3. The van der Waals surface area contributed by atoms with Gasteiger partial charge in [-0.1, -0.05) is 12.1 Å². The summed E-state index contributed by atoms with van der Waals surface area (Å²) in [6.07, 6.45) is 0. The molecule has 21 heavy (non-hydrogen) atoms. The monoisotopic (exact) mass is 290 g/mol. The summed E-state index contributed by atoms with van der Waals surface area (Å²) in [5, 5.41) is 0. The van der Waals surface area contributed by atoms with Crippen LogP contribution in [-0.4, -0.2) is 47.2 Å². The fourth-order valence-corrected chi connectivity index (χ4v) is 2.25. The normalized spacial score (nSPS) is 15.3. The van der Waals surface area contributed by atoms with Crippen LogP contribution < -0.4 is 11.3 Å². The summed E-state index contributed by atoms with van der Waals surface area (Å²) in [5.41, 5.74) is 3.26. The van der Waals surface area contributed by atoms with Crippen LogP contribution in [0.3, 0.4) is 0 Å². The first kappa shape index (κ1) is 15.0. The van der Waals surface area contributed by atoms with Gasteiger partial charge in [0.25, 0.3) is 5.91 Å². The van der Waals surface area contributed by atoms with Gasteiger partial charge in [-0.25, -0.2) is 5.84 Å². The van der Waals surface area contributed by atoms with Gasteiger partial charge < -0.3 is 9.80 Å². The van der Waals surface area contributed by atoms with E-state index >= 15 is 0 Å². The number of carbonyl (C=O) groups is 3. The molecule has 0 unspecified atom stereocenters. The fourth-order valence-electron chi connectivity index (χ4n) is 2.25. The smallest absolute Gasteiger partial charge is 0.265 e. The van der Waals surface area contributed by atoms with E-state index in [0.717, 1.165) is 5.56 Å². The minimum Gasteiger partial charge on any atom is -0.332 e. The number of hydrogen-bond donors (Lipinski definition) is 2. The highest BCUT2D eigenvalue weighted by Gasteiger charge is 2.28. The Morgan fingerprint density at radius 1 is 1.24 bits per heavy atom. The van der Waals surface area contributed by atoms with E-state index in [2.05, 4.69) is 5.43 Å². The zero-order chi connectivity index (χ0) is 15.4. The molecule has 112 valence electrons. The molecule has 7 nitrogen and oxygen atoms in total. The van der Waals surface area contributed by atoms with Crippen molar-refractivity contribution in [1.29, 1.82) is 0 Å². The highest BCUT2D eigenvalue weighted by molar-refractivity contribution is 5.94. The Balaban J connectivity index is 2.10. The number of benzene rings is 1. The van der Waals surface area contributed by atoms with Gasteiger partial charge in [-0.15, -0.1) is 0 Å². The van der Waals surface area contributed by atoms with Crippen LogP contribution in [0.5, 0.6) is 0 Å². The molecule has 3 amide bonds. The minimum atomic E-state index is -0.393. The zero-order valence-corrected chi connectivity index (χ0v) is 11.8. The van der Waals surface area contributed by atoms with Gasteiger partial charge in [0.15, 0.2) is 0 Å². The average molecular weight is 290 g/mol. The molecule has 0 saturated carbocycles. The van der Waals surface area contributed by atoms with Gasteiger partial charge in [0, 0.05) is 18.7 Å². The quantitative estimate of drug-likeness (QED) is 0.443. The summed E-state index contributed by atoms with van der Waals surface area (Å²) in [4.78, 5) is 38.4. The number of nitrogen functional groups attached to an aromatic ring is 1. The molecule has 1 heterocycles. The van der Waals surface area contributed by atoms with Crippen LogP contribution >= 0.6 is 0 Å². The molecular weight excluding hydrogens is 272 g/mol. The Hall–Kier alpha value is -2.41. The van der Waals surface area contributed by atoms with Gasteiger partial charge in [-0.3, -0.25) is 19.8 Å². The van der Waals surface area contributed by atoms with E-state index in [4.69, 9.17) is 5.84 Å². The number of amides is 3. The molecule has 0 bridgehead atoms. The Labute approximate surface area is 122 Å². The summed E-state index contributed by atoms with van der Waals surface area (Å²) in [5.74, 6) is 4.55. The third kappa shape index (κ3) is 3.38. The number of hydrazine groups is 1. The van der Waals surface area contributed by atoms with Crippen molar-refractivity contribution in [3.8, 4) is 0 Å². The predicted octanol–water partition coefficient (Wildman–Crippen LogP) is -0.519. The van der Waals surface area contributed by atoms with Crippen LogP contribution in [0.4, 0.5) is 0 Å². The highest BCUT2D eigenvalue weighted by Crippen LogP contribution is 2.12. The molecule has 0 aromatic heterocycles. The van der Waals surface area contributed by atoms with Crippen LogP contribution in [0.25, 0.3) is 0 Å². The van der Waals surface area contributed by atoms with E-state index in [1.807, 2.05) is 6.92 Å². The third-order valence-electron chi connectivity index (χ3n) is 3.43. The van der Waals surface area contributed by atoms with Gasteiger partial charge in [-0.05, 0) is 24.6 Å². The molecule has 1 saturated heterocycles. The summed E-state index contributed by atoms with van der Waals surface area (Å²) in [6.45, 7) is 2.85. The van der Waals surface area contributed by atoms with Crippen molar-refractivity contribution >= 4 is 17.7 Å². The maximum absolute atomic E-state index is 12.0. The lowest BCUT2D eigenvalue weighted by Crippen LogP contribution is -2.53. The summed E-state index contributed by atoms with van der Waals surface area (Å²) < 4.78 is 0. The van der Waals surface area contributed by atoms with E-state index in [1.54, 1.807) is 24.3 Å². The first-order valence-electron chi connectivity index (χ1n) is 6.70. The largest absolute Gasteiger partial charge is 0.332 e. The number of nitrogens with one attached hydrogen (secondary N) is 1. The molecule has 7 heteroatoms. The van der Waals surface area contributed by atoms with E-state index in [0.29, 0.717) is 18.7 Å². The second-order valence-corrected chi connectivity index (χ2v) is 4.83. The second-order valence-electron chi connectivity index (χ2n) is 4.83. The van der Waals surface area contributed by atoms with Gasteiger partial charge in [0.1, 0.15) is 6.54 Å². The number of piperazine rings is 1. The van der Waals surface area contributed by atoms with Crippen molar-refractivity contribution in [1.82, 2.24) is 15.2 Å². The second kappa shape index (κ2) is 6.36. The molecule has 1 aliphatic rings. The Morgan fingerprint density at radius 3 is 2.57 bits per heavy atom. The molecule has 0 spiro atoms. The number of nitrogens with zero attached hydrogens (tertiary/aromatic N) is 2. The topological polar surface area (TPSA) is 95.7 Å². The van der Waals surface area contributed by atoms with E-state index in [-0.39, 0.29) is 24.9 Å². The molecule has 1 aromatic rings. The maximum atomic E-state index is 12.0. The summed E-state index contributed by atoms with van der Waals surface area (Å²) >= 11 is 0. The lowest BCUT2D eigenvalue weighted by Gasteiger charge is -2.33. The van der Waals surface area contributed by atoms with E-state index in [1.165, 1.54) is 9.80 Å². The Bertz CT molecular complexity index is 573. The maximum Gasteiger partial charge on any atom is 0.265 e. The standard InChI is InChI=1S/C14H18N4O3/c1-2-17-8-13(20)18(9-12(17)19)7-10-4-3-5-11(6-10)14(21)16-15/h3-6H,2,7-9,15H2,1H3,(H,16,21). The summed E-state index contributed by atoms with van der Waals surface area (Å²) in [6, 6.07) is 6.81. The van der Waals surface area contributed by atoms with Crippen molar-refractivity contribution in [3.63, 3.8) is 0 Å². The molecular formula is C14H18N4O3. The predicted molar refractivity (Wildman–Crippen MR) is 75.8 cm³/mol. The minimum absolute atomic E-state index is 0.0621. The van der Waals surface area contributed by atoms with Crippen molar-refractivity contribution < 1.29 is 14.4 Å². The van der Waals surface area contributed by atoms with Gasteiger partial charge in [0.2, 0.25) is 11.8 Å². The van der Waals surface area contributed by atoms with Crippen LogP contribution in [-0.2, 0) is 16.1 Å². The van der Waals surface area contributed by atoms with E-state index < -0.39 is 5.91 Å². The molecule has 3 N–H and O–H groups in total. The first-order chi connectivity index (χ1) is 10.0. The number of nitrogens with two attached hydrogens (primary N) is 1. The zero-order valence-electron chi connectivity index (χ0n) is 11.8. The third-order valence-corrected chi connectivity index (χ3v) is 3.43. The molecule has 0 aliphatic carbocycles. The van der Waals surface area contributed by atoms with Gasteiger partial charge in [-0.2, -0.15) is 0 Å². The van der Waals surface area contributed by atoms with Crippen LogP contribution in [0.15, 0.2) is 24.3 Å². The van der Waals surface area contributed by atoms with E-state index in [9.17, 15) is 14.4 Å². The molecule has 2 rings (SSSR count). The lowest BCUT2D eigenvalue weighted by atomic mass is 10.1. The van der Waals surface area contributed by atoms with Crippen molar-refractivity contribution in [3.05, 3.63) is 35.4 Å². The van der Waals surface area contributed by atoms with Gasteiger partial charge >= 0.3 is 0 Å². The van der Waals surface area contributed by atoms with Crippen LogP contribution in [0.1, 0.15) is 22.8 Å². The SMILES string of the molecule is CCN1CC(=O)N(Cc2cccc(C(=O)NN)c2)CC1=O. The van der Waals surface area contributed by atoms with Gasteiger partial charge in [0.05, 0.1) is 6.54 Å². The molecule has 0 radical (unpaired) electrons. The number of hydrogen-bond acceptors (Lipinski definition) is 4. The van der Waals surface area contributed by atoms with Crippen molar-refractivity contribution in [2.75, 3.05) is 19.6 Å². The van der Waals surface area contributed by atoms with Crippen molar-refractivity contribution in [2.24, 2.45) is 5.84 Å². The highest BCUT2D eigenvalue weighted by atomic mass is 16.2. The number of likely N-dealkylation sites (N-methyl/N-ethyl adjacent to an activating group) is 1. The first-order valence-corrected chi connectivity index (χ1v) is 6.70. The summed E-state index contributed by atoms with van der Waals surface area (Å²) in [7, 11) is 0.